The maximum atomic E-state index is 11.5. The number of carbonyl (C=O) groups excluding carboxylic acids is 2. The molecule has 0 aromatic carbocycles. The van der Waals surface area contributed by atoms with E-state index in [4.69, 9.17) is 0 Å². The number of likely N-dealkylation sites (tertiary alicyclic amines) is 2. The molecule has 0 spiro atoms. The zero-order chi connectivity index (χ0) is 10.1. The van der Waals surface area contributed by atoms with Crippen molar-refractivity contribution >= 4 is 11.8 Å². The van der Waals surface area contributed by atoms with Crippen LogP contribution in [0.15, 0.2) is 0 Å². The standard InChI is InChI=1S/C10H16N2O2/c1-11-6-4-8(5-7-11)12-9(13)2-3-10(12)14/h8H,2-7H2,1H3. The summed E-state index contributed by atoms with van der Waals surface area (Å²) in [5, 5.41) is 0. The number of carbonyl (C=O) groups is 2. The summed E-state index contributed by atoms with van der Waals surface area (Å²) >= 11 is 0. The Morgan fingerprint density at radius 3 is 2.07 bits per heavy atom. The Hall–Kier alpha value is -0.900. The summed E-state index contributed by atoms with van der Waals surface area (Å²) in [6.45, 7) is 1.98. The van der Waals surface area contributed by atoms with Gasteiger partial charge in [-0.1, -0.05) is 0 Å². The predicted molar refractivity (Wildman–Crippen MR) is 51.6 cm³/mol. The smallest absolute Gasteiger partial charge is 0.229 e. The van der Waals surface area contributed by atoms with E-state index in [1.807, 2.05) is 0 Å². The van der Waals surface area contributed by atoms with Crippen LogP contribution in [0.4, 0.5) is 0 Å². The Bertz CT molecular complexity index is 241. The van der Waals surface area contributed by atoms with Crippen molar-refractivity contribution < 1.29 is 9.59 Å². The minimum atomic E-state index is 0.0320. The van der Waals surface area contributed by atoms with E-state index in [1.54, 1.807) is 0 Å². The second-order valence-corrected chi connectivity index (χ2v) is 4.19. The number of rotatable bonds is 1. The molecule has 0 aliphatic carbocycles. The molecule has 0 aromatic rings. The van der Waals surface area contributed by atoms with Crippen molar-refractivity contribution in [3.8, 4) is 0 Å². The fourth-order valence-electron chi connectivity index (χ4n) is 2.25. The molecular formula is C10H16N2O2. The van der Waals surface area contributed by atoms with Crippen molar-refractivity contribution in [2.24, 2.45) is 0 Å². The van der Waals surface area contributed by atoms with Crippen molar-refractivity contribution in [2.45, 2.75) is 31.7 Å². The van der Waals surface area contributed by atoms with Crippen molar-refractivity contribution in [1.29, 1.82) is 0 Å². The molecule has 0 radical (unpaired) electrons. The molecule has 78 valence electrons. The quantitative estimate of drug-likeness (QED) is 0.564. The molecule has 0 unspecified atom stereocenters. The van der Waals surface area contributed by atoms with Gasteiger partial charge in [0.2, 0.25) is 11.8 Å². The molecule has 0 bridgehead atoms. The fourth-order valence-corrected chi connectivity index (χ4v) is 2.25. The van der Waals surface area contributed by atoms with E-state index in [9.17, 15) is 9.59 Å². The Morgan fingerprint density at radius 1 is 1.07 bits per heavy atom. The highest BCUT2D eigenvalue weighted by Crippen LogP contribution is 2.22. The topological polar surface area (TPSA) is 40.6 Å². The lowest BCUT2D eigenvalue weighted by molar-refractivity contribution is -0.142. The fraction of sp³-hybridized carbons (Fsp3) is 0.800. The van der Waals surface area contributed by atoms with Crippen LogP contribution in [0, 0.1) is 0 Å². The maximum Gasteiger partial charge on any atom is 0.229 e. The van der Waals surface area contributed by atoms with E-state index in [0.29, 0.717) is 12.8 Å². The summed E-state index contributed by atoms with van der Waals surface area (Å²) in [6, 6.07) is 0.175. The first-order valence-electron chi connectivity index (χ1n) is 5.22. The zero-order valence-electron chi connectivity index (χ0n) is 8.53. The third kappa shape index (κ3) is 1.66. The highest BCUT2D eigenvalue weighted by molar-refractivity contribution is 6.02. The number of imide groups is 1. The summed E-state index contributed by atoms with van der Waals surface area (Å²) in [5.41, 5.74) is 0. The van der Waals surface area contributed by atoms with Crippen molar-refractivity contribution in [2.75, 3.05) is 20.1 Å². The van der Waals surface area contributed by atoms with Gasteiger partial charge in [-0.15, -0.1) is 0 Å². The Kier molecular flexibility index (Phi) is 2.54. The Morgan fingerprint density at radius 2 is 1.57 bits per heavy atom. The molecule has 0 aromatic heterocycles. The lowest BCUT2D eigenvalue weighted by atomic mass is 10.0. The van der Waals surface area contributed by atoms with E-state index in [2.05, 4.69) is 11.9 Å². The van der Waals surface area contributed by atoms with E-state index < -0.39 is 0 Å². The van der Waals surface area contributed by atoms with Gasteiger partial charge in [-0.3, -0.25) is 14.5 Å². The van der Waals surface area contributed by atoms with Crippen LogP contribution in [0.2, 0.25) is 0 Å². The van der Waals surface area contributed by atoms with Gasteiger partial charge in [-0.2, -0.15) is 0 Å². The first-order chi connectivity index (χ1) is 6.68. The Labute approximate surface area is 83.9 Å². The second kappa shape index (κ2) is 3.69. The average Bonchev–Trinajstić information content (AvgIpc) is 2.49. The molecule has 2 saturated heterocycles. The van der Waals surface area contributed by atoms with Gasteiger partial charge in [0.05, 0.1) is 0 Å². The number of nitrogens with zero attached hydrogens (tertiary/aromatic N) is 2. The first kappa shape index (κ1) is 9.65. The van der Waals surface area contributed by atoms with Gasteiger partial charge in [-0.05, 0) is 33.0 Å². The largest absolute Gasteiger partial charge is 0.306 e. The van der Waals surface area contributed by atoms with Crippen LogP contribution in [0.25, 0.3) is 0 Å². The van der Waals surface area contributed by atoms with Crippen LogP contribution in [0.5, 0.6) is 0 Å². The molecular weight excluding hydrogens is 180 g/mol. The lowest BCUT2D eigenvalue weighted by Gasteiger charge is -2.33. The van der Waals surface area contributed by atoms with Gasteiger partial charge in [0, 0.05) is 18.9 Å². The minimum Gasteiger partial charge on any atom is -0.306 e. The molecule has 2 aliphatic heterocycles. The highest BCUT2D eigenvalue weighted by Gasteiger charge is 2.35. The summed E-state index contributed by atoms with van der Waals surface area (Å²) in [7, 11) is 2.07. The van der Waals surface area contributed by atoms with Crippen LogP contribution in [0.1, 0.15) is 25.7 Å². The van der Waals surface area contributed by atoms with Gasteiger partial charge in [-0.25, -0.2) is 0 Å². The number of piperidine rings is 1. The van der Waals surface area contributed by atoms with Gasteiger partial charge in [0.15, 0.2) is 0 Å². The van der Waals surface area contributed by atoms with Crippen molar-refractivity contribution in [1.82, 2.24) is 9.80 Å². The molecule has 14 heavy (non-hydrogen) atoms. The molecule has 0 N–H and O–H groups in total. The summed E-state index contributed by atoms with van der Waals surface area (Å²) < 4.78 is 0. The van der Waals surface area contributed by atoms with E-state index in [-0.39, 0.29) is 17.9 Å². The number of amides is 2. The predicted octanol–water partition coefficient (Wildman–Crippen LogP) is 0.230. The third-order valence-corrected chi connectivity index (χ3v) is 3.14. The van der Waals surface area contributed by atoms with Gasteiger partial charge < -0.3 is 4.90 Å². The molecule has 0 saturated carbocycles. The highest BCUT2D eigenvalue weighted by atomic mass is 16.2. The summed E-state index contributed by atoms with van der Waals surface area (Å²) in [6.07, 6.45) is 2.72. The van der Waals surface area contributed by atoms with Crippen LogP contribution < -0.4 is 0 Å². The van der Waals surface area contributed by atoms with Gasteiger partial charge in [0.25, 0.3) is 0 Å². The molecule has 4 heteroatoms. The average molecular weight is 196 g/mol. The number of hydrogen-bond acceptors (Lipinski definition) is 3. The van der Waals surface area contributed by atoms with E-state index >= 15 is 0 Å². The van der Waals surface area contributed by atoms with Crippen LogP contribution in [-0.2, 0) is 9.59 Å². The summed E-state index contributed by atoms with van der Waals surface area (Å²) in [5.74, 6) is 0.0640. The third-order valence-electron chi connectivity index (χ3n) is 3.14. The molecule has 2 fully saturated rings. The molecule has 2 heterocycles. The Balaban J connectivity index is 2.00. The molecule has 2 aliphatic rings. The normalized spacial score (nSPS) is 26.2. The number of hydrogen-bond donors (Lipinski definition) is 0. The monoisotopic (exact) mass is 196 g/mol. The molecule has 4 nitrogen and oxygen atoms in total. The van der Waals surface area contributed by atoms with E-state index in [1.165, 1.54) is 4.90 Å². The van der Waals surface area contributed by atoms with Gasteiger partial charge >= 0.3 is 0 Å². The van der Waals surface area contributed by atoms with Crippen LogP contribution in [0.3, 0.4) is 0 Å². The first-order valence-corrected chi connectivity index (χ1v) is 5.22. The maximum absolute atomic E-state index is 11.5. The van der Waals surface area contributed by atoms with E-state index in [0.717, 1.165) is 25.9 Å². The SMILES string of the molecule is CN1CCC(N2C(=O)CCC2=O)CC1. The van der Waals surface area contributed by atoms with Crippen molar-refractivity contribution in [3.63, 3.8) is 0 Å². The summed E-state index contributed by atoms with van der Waals surface area (Å²) in [4.78, 5) is 26.7. The van der Waals surface area contributed by atoms with Crippen molar-refractivity contribution in [3.05, 3.63) is 0 Å². The minimum absolute atomic E-state index is 0.0320. The lowest BCUT2D eigenvalue weighted by Crippen LogP contribution is -2.46. The zero-order valence-corrected chi connectivity index (χ0v) is 8.53. The second-order valence-electron chi connectivity index (χ2n) is 4.19. The van der Waals surface area contributed by atoms with Crippen LogP contribution >= 0.6 is 0 Å². The molecule has 0 atom stereocenters. The molecule has 2 amide bonds. The van der Waals surface area contributed by atoms with Gasteiger partial charge in [0.1, 0.15) is 0 Å². The molecule has 2 rings (SSSR count). The van der Waals surface area contributed by atoms with Crippen LogP contribution in [-0.4, -0.2) is 47.8 Å².